The maximum Gasteiger partial charge on any atom is 0.251 e. The summed E-state index contributed by atoms with van der Waals surface area (Å²) >= 11 is 0. The Morgan fingerprint density at radius 3 is 2.39 bits per heavy atom. The summed E-state index contributed by atoms with van der Waals surface area (Å²) in [5.74, 6) is -0.122. The third-order valence-corrected chi connectivity index (χ3v) is 3.40. The van der Waals surface area contributed by atoms with Crippen LogP contribution in [0, 0.1) is 0 Å². The first-order valence-corrected chi connectivity index (χ1v) is 8.54. The minimum atomic E-state index is -0.283. The van der Waals surface area contributed by atoms with Gasteiger partial charge < -0.3 is 10.6 Å². The minimum absolute atomic E-state index is 0.00915. The van der Waals surface area contributed by atoms with Gasteiger partial charge in [-0.1, -0.05) is 38.7 Å². The van der Waals surface area contributed by atoms with E-state index < -0.39 is 0 Å². The van der Waals surface area contributed by atoms with Crippen LogP contribution in [0.3, 0.4) is 0 Å². The Balaban J connectivity index is 2.50. The number of rotatable bonds is 8. The molecule has 0 aliphatic rings. The van der Waals surface area contributed by atoms with Crippen molar-refractivity contribution in [3.05, 3.63) is 29.8 Å². The number of unbranched alkanes of at least 4 members (excludes halogenated alkanes) is 4. The summed E-state index contributed by atoms with van der Waals surface area (Å²) in [6.45, 7) is 7.99. The van der Waals surface area contributed by atoms with Gasteiger partial charge in [0.2, 0.25) is 5.91 Å². The van der Waals surface area contributed by atoms with Crippen LogP contribution >= 0.6 is 0 Å². The van der Waals surface area contributed by atoms with E-state index in [1.165, 1.54) is 19.3 Å². The Kier molecular flexibility index (Phi) is 7.79. The van der Waals surface area contributed by atoms with Crippen molar-refractivity contribution in [2.75, 3.05) is 5.32 Å². The monoisotopic (exact) mass is 318 g/mol. The average Bonchev–Trinajstić information content (AvgIpc) is 2.45. The van der Waals surface area contributed by atoms with Crippen LogP contribution in [0.1, 0.15) is 76.6 Å². The summed E-state index contributed by atoms with van der Waals surface area (Å²) in [5.41, 5.74) is 0.945. The fraction of sp³-hybridized carbons (Fsp3) is 0.579. The minimum Gasteiger partial charge on any atom is -0.347 e. The highest BCUT2D eigenvalue weighted by Gasteiger charge is 2.15. The normalized spacial score (nSPS) is 11.1. The van der Waals surface area contributed by atoms with Gasteiger partial charge >= 0.3 is 0 Å². The molecular formula is C19H30N2O2. The molecule has 0 fully saturated rings. The lowest BCUT2D eigenvalue weighted by Crippen LogP contribution is -2.40. The van der Waals surface area contributed by atoms with Crippen molar-refractivity contribution < 1.29 is 9.59 Å². The highest BCUT2D eigenvalue weighted by atomic mass is 16.2. The predicted octanol–water partition coefficient (Wildman–Crippen LogP) is 4.51. The summed E-state index contributed by atoms with van der Waals surface area (Å²) in [5, 5.41) is 5.79. The molecule has 0 saturated heterocycles. The van der Waals surface area contributed by atoms with E-state index in [1.54, 1.807) is 18.2 Å². The number of amides is 2. The molecule has 0 bridgehead atoms. The number of nitrogens with one attached hydrogen (secondary N) is 2. The van der Waals surface area contributed by atoms with Gasteiger partial charge in [-0.15, -0.1) is 0 Å². The fourth-order valence-electron chi connectivity index (χ4n) is 2.26. The average molecular weight is 318 g/mol. The molecule has 4 heteroatoms. The summed E-state index contributed by atoms with van der Waals surface area (Å²) in [6, 6.07) is 7.06. The third-order valence-electron chi connectivity index (χ3n) is 3.40. The topological polar surface area (TPSA) is 58.2 Å². The summed E-state index contributed by atoms with van der Waals surface area (Å²) in [4.78, 5) is 24.1. The second kappa shape index (κ2) is 9.33. The number of hydrogen-bond acceptors (Lipinski definition) is 2. The van der Waals surface area contributed by atoms with E-state index in [0.717, 1.165) is 12.8 Å². The quantitative estimate of drug-likeness (QED) is 0.693. The third kappa shape index (κ3) is 8.38. The Morgan fingerprint density at radius 1 is 1.04 bits per heavy atom. The molecule has 0 atom stereocenters. The fourth-order valence-corrected chi connectivity index (χ4v) is 2.26. The van der Waals surface area contributed by atoms with E-state index in [-0.39, 0.29) is 17.4 Å². The van der Waals surface area contributed by atoms with Gasteiger partial charge in [-0.05, 0) is 45.4 Å². The molecule has 1 aromatic carbocycles. The summed E-state index contributed by atoms with van der Waals surface area (Å²) in [7, 11) is 0. The molecule has 1 aromatic rings. The van der Waals surface area contributed by atoms with E-state index in [2.05, 4.69) is 17.6 Å². The molecule has 0 spiro atoms. The Hall–Kier alpha value is -1.84. The molecule has 128 valence electrons. The van der Waals surface area contributed by atoms with Crippen molar-refractivity contribution in [3.63, 3.8) is 0 Å². The van der Waals surface area contributed by atoms with E-state index >= 15 is 0 Å². The van der Waals surface area contributed by atoms with Gasteiger partial charge in [0.1, 0.15) is 0 Å². The van der Waals surface area contributed by atoms with E-state index in [1.807, 2.05) is 26.8 Å². The Morgan fingerprint density at radius 2 is 1.74 bits per heavy atom. The molecule has 23 heavy (non-hydrogen) atoms. The standard InChI is InChI=1S/C19H30N2O2/c1-5-6-7-8-9-13-17(22)20-16-12-10-11-15(14-16)18(23)21-19(2,3)4/h10-12,14H,5-9,13H2,1-4H3,(H,20,22)(H,21,23). The molecular weight excluding hydrogens is 288 g/mol. The van der Waals surface area contributed by atoms with Gasteiger partial charge in [0.05, 0.1) is 0 Å². The highest BCUT2D eigenvalue weighted by Crippen LogP contribution is 2.13. The van der Waals surface area contributed by atoms with Crippen molar-refractivity contribution in [1.29, 1.82) is 0 Å². The van der Waals surface area contributed by atoms with E-state index in [0.29, 0.717) is 17.7 Å². The van der Waals surface area contributed by atoms with Crippen molar-refractivity contribution >= 4 is 17.5 Å². The van der Waals surface area contributed by atoms with E-state index in [4.69, 9.17) is 0 Å². The highest BCUT2D eigenvalue weighted by molar-refractivity contribution is 5.97. The van der Waals surface area contributed by atoms with Crippen molar-refractivity contribution in [3.8, 4) is 0 Å². The molecule has 4 nitrogen and oxygen atoms in total. The van der Waals surface area contributed by atoms with Gasteiger partial charge in [-0.3, -0.25) is 9.59 Å². The van der Waals surface area contributed by atoms with Crippen molar-refractivity contribution in [1.82, 2.24) is 5.32 Å². The van der Waals surface area contributed by atoms with Gasteiger partial charge in [-0.25, -0.2) is 0 Å². The zero-order valence-corrected chi connectivity index (χ0v) is 14.9. The second-order valence-corrected chi connectivity index (χ2v) is 7.00. The number of carbonyl (C=O) groups is 2. The van der Waals surface area contributed by atoms with Crippen LogP contribution in [-0.4, -0.2) is 17.4 Å². The number of anilines is 1. The predicted molar refractivity (Wildman–Crippen MR) is 95.7 cm³/mol. The number of hydrogen-bond donors (Lipinski definition) is 2. The Labute approximate surface area is 140 Å². The van der Waals surface area contributed by atoms with Crippen molar-refractivity contribution in [2.24, 2.45) is 0 Å². The van der Waals surface area contributed by atoms with Crippen LogP contribution in [0.2, 0.25) is 0 Å². The van der Waals surface area contributed by atoms with Gasteiger partial charge in [-0.2, -0.15) is 0 Å². The second-order valence-electron chi connectivity index (χ2n) is 7.00. The summed E-state index contributed by atoms with van der Waals surface area (Å²) in [6.07, 6.45) is 6.15. The van der Waals surface area contributed by atoms with Crippen LogP contribution in [0.15, 0.2) is 24.3 Å². The lowest BCUT2D eigenvalue weighted by atomic mass is 10.1. The Bertz CT molecular complexity index is 518. The molecule has 0 unspecified atom stereocenters. The van der Waals surface area contributed by atoms with Crippen molar-refractivity contribution in [2.45, 2.75) is 71.8 Å². The van der Waals surface area contributed by atoms with Gasteiger partial charge in [0, 0.05) is 23.2 Å². The van der Waals surface area contributed by atoms with Crippen LogP contribution in [0.5, 0.6) is 0 Å². The smallest absolute Gasteiger partial charge is 0.251 e. The van der Waals surface area contributed by atoms with Crippen LogP contribution in [0.4, 0.5) is 5.69 Å². The van der Waals surface area contributed by atoms with E-state index in [9.17, 15) is 9.59 Å². The molecule has 0 saturated carbocycles. The first kappa shape index (κ1) is 19.2. The molecule has 1 rings (SSSR count). The van der Waals surface area contributed by atoms with Gasteiger partial charge in [0.25, 0.3) is 5.91 Å². The lowest BCUT2D eigenvalue weighted by molar-refractivity contribution is -0.116. The largest absolute Gasteiger partial charge is 0.347 e. The first-order chi connectivity index (χ1) is 10.8. The molecule has 0 radical (unpaired) electrons. The molecule has 0 aromatic heterocycles. The lowest BCUT2D eigenvalue weighted by Gasteiger charge is -2.20. The summed E-state index contributed by atoms with van der Waals surface area (Å²) < 4.78 is 0. The molecule has 0 heterocycles. The maximum atomic E-state index is 12.1. The van der Waals surface area contributed by atoms with Crippen LogP contribution < -0.4 is 10.6 Å². The van der Waals surface area contributed by atoms with Gasteiger partial charge in [0.15, 0.2) is 0 Å². The zero-order valence-electron chi connectivity index (χ0n) is 14.9. The number of benzene rings is 1. The molecule has 2 amide bonds. The molecule has 0 aliphatic carbocycles. The first-order valence-electron chi connectivity index (χ1n) is 8.54. The van der Waals surface area contributed by atoms with Crippen LogP contribution in [0.25, 0.3) is 0 Å². The number of carbonyl (C=O) groups excluding carboxylic acids is 2. The zero-order chi connectivity index (χ0) is 17.3. The maximum absolute atomic E-state index is 12.1. The molecule has 0 aliphatic heterocycles. The SMILES string of the molecule is CCCCCCCC(=O)Nc1cccc(C(=O)NC(C)(C)C)c1. The molecule has 2 N–H and O–H groups in total. The van der Waals surface area contributed by atoms with Crippen LogP contribution in [-0.2, 0) is 4.79 Å².